The van der Waals surface area contributed by atoms with Crippen LogP contribution in [0.5, 0.6) is 5.88 Å². The van der Waals surface area contributed by atoms with Crippen LogP contribution in [-0.2, 0) is 27.3 Å². The van der Waals surface area contributed by atoms with Crippen LogP contribution in [0.4, 0.5) is 14.9 Å². The lowest BCUT2D eigenvalue weighted by molar-refractivity contribution is -0.123. The molecule has 2 amide bonds. The topological polar surface area (TPSA) is 108 Å². The summed E-state index contributed by atoms with van der Waals surface area (Å²) in [5, 5.41) is 10.1. The molecule has 1 aromatic heterocycles. The van der Waals surface area contributed by atoms with Crippen LogP contribution in [0.15, 0.2) is 30.3 Å². The Labute approximate surface area is 277 Å². The number of hydrogen-bond donors (Lipinski definition) is 1. The normalized spacial score (nSPS) is 25.7. The zero-order valence-corrected chi connectivity index (χ0v) is 28.7. The predicted octanol–water partition coefficient (Wildman–Crippen LogP) is 3.84. The van der Waals surface area contributed by atoms with Crippen molar-refractivity contribution in [2.24, 2.45) is 0 Å². The highest BCUT2D eigenvalue weighted by atomic mass is 19.1. The van der Waals surface area contributed by atoms with Crippen molar-refractivity contribution in [3.05, 3.63) is 53.0 Å². The van der Waals surface area contributed by atoms with E-state index in [1.807, 2.05) is 40.7 Å². The van der Waals surface area contributed by atoms with E-state index < -0.39 is 5.60 Å². The van der Waals surface area contributed by atoms with Gasteiger partial charge in [-0.25, -0.2) is 14.2 Å². The number of pyridine rings is 1. The Balaban J connectivity index is 1.41. The summed E-state index contributed by atoms with van der Waals surface area (Å²) >= 11 is 0. The van der Waals surface area contributed by atoms with Crippen molar-refractivity contribution in [2.75, 3.05) is 50.8 Å². The summed E-state index contributed by atoms with van der Waals surface area (Å²) in [6.07, 6.45) is 0.159. The molecular formula is C35H50FN5O6. The highest BCUT2D eigenvalue weighted by Crippen LogP contribution is 2.35. The van der Waals surface area contributed by atoms with Crippen LogP contribution in [0.3, 0.4) is 0 Å². The Hall–Kier alpha value is -3.32. The zero-order valence-electron chi connectivity index (χ0n) is 28.7. The van der Waals surface area contributed by atoms with Gasteiger partial charge in [0.25, 0.3) is 0 Å². The maximum absolute atomic E-state index is 14.3. The fourth-order valence-electron chi connectivity index (χ4n) is 6.64. The predicted molar refractivity (Wildman–Crippen MR) is 176 cm³/mol. The quantitative estimate of drug-likeness (QED) is 0.476. The molecule has 47 heavy (non-hydrogen) atoms. The molecular weight excluding hydrogens is 605 g/mol. The van der Waals surface area contributed by atoms with Crippen LogP contribution < -0.4 is 9.64 Å². The van der Waals surface area contributed by atoms with Crippen molar-refractivity contribution in [1.29, 1.82) is 0 Å². The number of benzene rings is 1. The molecule has 0 unspecified atom stereocenters. The van der Waals surface area contributed by atoms with E-state index in [2.05, 4.69) is 28.6 Å². The van der Waals surface area contributed by atoms with Crippen molar-refractivity contribution < 1.29 is 33.3 Å². The summed E-state index contributed by atoms with van der Waals surface area (Å²) in [5.74, 6) is -0.116. The molecule has 0 spiro atoms. The molecule has 0 bridgehead atoms. The summed E-state index contributed by atoms with van der Waals surface area (Å²) in [6, 6.07) is 7.74. The van der Waals surface area contributed by atoms with Crippen LogP contribution in [0.2, 0.25) is 0 Å². The average Bonchev–Trinajstić information content (AvgIpc) is 3.00. The minimum atomic E-state index is -0.618. The molecule has 3 aliphatic rings. The van der Waals surface area contributed by atoms with Crippen LogP contribution in [0, 0.1) is 5.82 Å². The number of nitrogens with zero attached hydrogens (tertiary/aromatic N) is 5. The maximum atomic E-state index is 14.3. The van der Waals surface area contributed by atoms with E-state index >= 15 is 0 Å². The monoisotopic (exact) mass is 655 g/mol. The highest BCUT2D eigenvalue weighted by molar-refractivity contribution is 5.97. The fraction of sp³-hybridized carbons (Fsp3) is 0.629. The number of fused-ring (bicyclic) bond motifs is 1. The van der Waals surface area contributed by atoms with Crippen LogP contribution in [-0.4, -0.2) is 119 Å². The van der Waals surface area contributed by atoms with Gasteiger partial charge in [0.2, 0.25) is 11.8 Å². The Morgan fingerprint density at radius 1 is 1.00 bits per heavy atom. The largest absolute Gasteiger partial charge is 0.474 e. The third-order valence-corrected chi connectivity index (χ3v) is 9.13. The standard InChI is InChI=1S/C35H50FN5O6/c1-22-14-39(29(16-38-15-25(4)45-20-23(38)2)17-40(22)34(44)47-35(5,6)7)18-32(43)41-24(3)21-46-33-31(41)13-27(30(19-42)37-33)12-26-8-10-28(36)11-9-26/h8-11,13,22-25,29,42H,12,14-21H2,1-7H3/t22-,23-,24+,25+,29+/m1/s1. The zero-order chi connectivity index (χ0) is 34.0. The lowest BCUT2D eigenvalue weighted by atomic mass is 10.0. The molecule has 2 fully saturated rings. The van der Waals surface area contributed by atoms with E-state index in [9.17, 15) is 19.1 Å². The van der Waals surface area contributed by atoms with Gasteiger partial charge in [-0.2, -0.15) is 0 Å². The van der Waals surface area contributed by atoms with Crippen molar-refractivity contribution in [3.63, 3.8) is 0 Å². The van der Waals surface area contributed by atoms with E-state index in [0.717, 1.165) is 17.7 Å². The number of amides is 2. The third kappa shape index (κ3) is 8.40. The van der Waals surface area contributed by atoms with Gasteiger partial charge >= 0.3 is 6.09 Å². The second-order valence-electron chi connectivity index (χ2n) is 14.3. The van der Waals surface area contributed by atoms with Crippen molar-refractivity contribution in [3.8, 4) is 5.88 Å². The van der Waals surface area contributed by atoms with Gasteiger partial charge in [0.1, 0.15) is 23.7 Å². The van der Waals surface area contributed by atoms with E-state index in [1.54, 1.807) is 21.9 Å². The summed E-state index contributed by atoms with van der Waals surface area (Å²) in [6.45, 7) is 16.9. The molecule has 0 radical (unpaired) electrons. The smallest absolute Gasteiger partial charge is 0.410 e. The Kier molecular flexibility index (Phi) is 10.7. The lowest BCUT2D eigenvalue weighted by Crippen LogP contribution is -2.65. The number of aliphatic hydroxyl groups excluding tert-OH is 1. The third-order valence-electron chi connectivity index (χ3n) is 9.13. The van der Waals surface area contributed by atoms with E-state index in [1.165, 1.54) is 12.1 Å². The van der Waals surface area contributed by atoms with E-state index in [-0.39, 0.29) is 67.8 Å². The Morgan fingerprint density at radius 3 is 2.40 bits per heavy atom. The molecule has 12 heteroatoms. The Morgan fingerprint density at radius 2 is 1.72 bits per heavy atom. The number of rotatable bonds is 7. The molecule has 5 rings (SSSR count). The van der Waals surface area contributed by atoms with Crippen LogP contribution in [0.25, 0.3) is 0 Å². The molecule has 258 valence electrons. The first-order valence-electron chi connectivity index (χ1n) is 16.6. The molecule has 2 saturated heterocycles. The molecule has 1 N–H and O–H groups in total. The van der Waals surface area contributed by atoms with Gasteiger partial charge in [-0.3, -0.25) is 14.6 Å². The second kappa shape index (κ2) is 14.4. The first-order valence-corrected chi connectivity index (χ1v) is 16.6. The maximum Gasteiger partial charge on any atom is 0.410 e. The number of aliphatic hydroxyl groups is 1. The molecule has 3 aliphatic heterocycles. The van der Waals surface area contributed by atoms with Gasteiger partial charge in [0, 0.05) is 44.3 Å². The number of carbonyl (C=O) groups is 2. The number of hydrogen-bond acceptors (Lipinski definition) is 9. The lowest BCUT2D eigenvalue weighted by Gasteiger charge is -2.48. The number of anilines is 1. The summed E-state index contributed by atoms with van der Waals surface area (Å²) in [7, 11) is 0. The molecule has 0 saturated carbocycles. The van der Waals surface area contributed by atoms with Gasteiger partial charge in [0.05, 0.1) is 37.6 Å². The molecule has 0 aliphatic carbocycles. The summed E-state index contributed by atoms with van der Waals surface area (Å²) in [4.78, 5) is 40.3. The van der Waals surface area contributed by atoms with Gasteiger partial charge in [0.15, 0.2) is 0 Å². The van der Waals surface area contributed by atoms with Gasteiger partial charge in [-0.05, 0) is 84.2 Å². The number of carbonyl (C=O) groups excluding carboxylic acids is 2. The molecule has 4 heterocycles. The average molecular weight is 656 g/mol. The highest BCUT2D eigenvalue weighted by Gasteiger charge is 2.41. The van der Waals surface area contributed by atoms with E-state index in [0.29, 0.717) is 49.9 Å². The number of piperazine rings is 1. The molecule has 5 atom stereocenters. The first-order chi connectivity index (χ1) is 22.2. The van der Waals surface area contributed by atoms with Crippen molar-refractivity contribution in [2.45, 2.75) is 97.4 Å². The number of morpholine rings is 1. The van der Waals surface area contributed by atoms with Crippen molar-refractivity contribution >= 4 is 17.7 Å². The van der Waals surface area contributed by atoms with Crippen LogP contribution >= 0.6 is 0 Å². The van der Waals surface area contributed by atoms with Gasteiger partial charge in [-0.1, -0.05) is 12.1 Å². The molecule has 1 aromatic carbocycles. The van der Waals surface area contributed by atoms with Gasteiger partial charge < -0.3 is 29.1 Å². The van der Waals surface area contributed by atoms with Crippen LogP contribution in [0.1, 0.15) is 65.3 Å². The molecule has 11 nitrogen and oxygen atoms in total. The minimum Gasteiger partial charge on any atom is -0.474 e. The number of aromatic nitrogens is 1. The van der Waals surface area contributed by atoms with E-state index in [4.69, 9.17) is 14.2 Å². The van der Waals surface area contributed by atoms with Gasteiger partial charge in [-0.15, -0.1) is 0 Å². The fourth-order valence-corrected chi connectivity index (χ4v) is 6.64. The second-order valence-corrected chi connectivity index (χ2v) is 14.3. The summed E-state index contributed by atoms with van der Waals surface area (Å²) in [5.41, 5.74) is 1.98. The van der Waals surface area contributed by atoms with Crippen molar-refractivity contribution in [1.82, 2.24) is 19.7 Å². The molecule has 2 aromatic rings. The number of halogens is 1. The minimum absolute atomic E-state index is 0.0943. The Bertz CT molecular complexity index is 1420. The number of ether oxygens (including phenoxy) is 3. The SMILES string of the molecule is C[C@@H]1CO[C@@H](C)CN1C[C@H]1CN(C(=O)OC(C)(C)C)[C@H](C)CN1CC(=O)N1c2cc(Cc3ccc(F)cc3)c(CO)nc2OC[C@@H]1C. The first kappa shape index (κ1) is 35.0. The summed E-state index contributed by atoms with van der Waals surface area (Å²) < 4.78 is 31.2.